The van der Waals surface area contributed by atoms with Crippen LogP contribution in [0.5, 0.6) is 0 Å². The third kappa shape index (κ3) is 3.17. The number of anilines is 1. The smallest absolute Gasteiger partial charge is 0.377 e. The van der Waals surface area contributed by atoms with Gasteiger partial charge in [-0.2, -0.15) is 13.2 Å². The van der Waals surface area contributed by atoms with E-state index in [0.717, 1.165) is 19.6 Å². The third-order valence-electron chi connectivity index (χ3n) is 3.93. The second-order valence-electron chi connectivity index (χ2n) is 5.64. The fraction of sp³-hybridized carbons (Fsp3) is 0.500. The summed E-state index contributed by atoms with van der Waals surface area (Å²) in [6.07, 6.45) is -6.65. The van der Waals surface area contributed by atoms with Gasteiger partial charge in [0.15, 0.2) is 0 Å². The number of Topliss-reactive ketones (excluding diaryl/α,β-unsaturated/α-hetero) is 1. The van der Waals surface area contributed by atoms with Gasteiger partial charge >= 0.3 is 6.18 Å². The van der Waals surface area contributed by atoms with Gasteiger partial charge in [-0.15, -0.1) is 11.8 Å². The highest BCUT2D eigenvalue weighted by atomic mass is 32.2. The Balaban J connectivity index is 2.65. The van der Waals surface area contributed by atoms with E-state index in [1.807, 2.05) is 0 Å². The molecule has 1 fully saturated rings. The number of carbonyl (C=O) groups is 2. The van der Waals surface area contributed by atoms with E-state index in [1.165, 1.54) is 12.1 Å². The topological polar surface area (TPSA) is 46.6 Å². The first kappa shape index (κ1) is 18.8. The molecule has 0 bridgehead atoms. The van der Waals surface area contributed by atoms with Crippen molar-refractivity contribution in [3.05, 3.63) is 29.8 Å². The van der Waals surface area contributed by atoms with Crippen LogP contribution in [0, 0.1) is 6.92 Å². The molecule has 2 rings (SSSR count). The van der Waals surface area contributed by atoms with E-state index >= 15 is 0 Å². The van der Waals surface area contributed by atoms with Gasteiger partial charge in [0.2, 0.25) is 10.8 Å². The van der Waals surface area contributed by atoms with Crippen molar-refractivity contribution in [2.24, 2.45) is 0 Å². The van der Waals surface area contributed by atoms with Gasteiger partial charge in [0.1, 0.15) is 11.9 Å². The number of benzene rings is 1. The SMILES string of the molecule is CO[C@@H]1CC(=O)CS[C@]1(N(C(C)=O)c1ccc(C)cc1)C(F)(F)F. The summed E-state index contributed by atoms with van der Waals surface area (Å²) >= 11 is 0.399. The van der Waals surface area contributed by atoms with Crippen LogP contribution in [0.1, 0.15) is 18.9 Å². The van der Waals surface area contributed by atoms with Gasteiger partial charge in [-0.25, -0.2) is 0 Å². The van der Waals surface area contributed by atoms with E-state index < -0.39 is 29.5 Å². The zero-order valence-corrected chi connectivity index (χ0v) is 14.3. The number of carbonyl (C=O) groups excluding carboxylic acids is 2. The van der Waals surface area contributed by atoms with Crippen LogP contribution in [0.2, 0.25) is 0 Å². The molecule has 0 saturated carbocycles. The molecule has 0 unspecified atom stereocenters. The Bertz CT molecular complexity index is 632. The van der Waals surface area contributed by atoms with Crippen molar-refractivity contribution in [1.82, 2.24) is 0 Å². The molecule has 0 N–H and O–H groups in total. The first-order chi connectivity index (χ1) is 11.1. The van der Waals surface area contributed by atoms with Crippen LogP contribution in [-0.2, 0) is 14.3 Å². The summed E-state index contributed by atoms with van der Waals surface area (Å²) in [4.78, 5) is 21.9. The number of hydrogen-bond donors (Lipinski definition) is 0. The van der Waals surface area contributed by atoms with Crippen molar-refractivity contribution in [2.45, 2.75) is 37.4 Å². The Kier molecular flexibility index (Phi) is 5.29. The molecule has 1 aliphatic heterocycles. The van der Waals surface area contributed by atoms with Gasteiger partial charge in [0.25, 0.3) is 0 Å². The van der Waals surface area contributed by atoms with Gasteiger partial charge in [0, 0.05) is 26.1 Å². The highest BCUT2D eigenvalue weighted by Crippen LogP contribution is 2.52. The summed E-state index contributed by atoms with van der Waals surface area (Å²) in [5.74, 6) is -1.42. The molecule has 8 heteroatoms. The maximum absolute atomic E-state index is 14.1. The van der Waals surface area contributed by atoms with Gasteiger partial charge in [0.05, 0.1) is 5.75 Å². The van der Waals surface area contributed by atoms with Crippen LogP contribution in [-0.4, -0.2) is 41.7 Å². The minimum absolute atomic E-state index is 0.120. The molecule has 24 heavy (non-hydrogen) atoms. The Morgan fingerprint density at radius 2 is 1.92 bits per heavy atom. The maximum Gasteiger partial charge on any atom is 0.424 e. The molecule has 0 aromatic heterocycles. The maximum atomic E-state index is 14.1. The lowest BCUT2D eigenvalue weighted by molar-refractivity contribution is -0.190. The van der Waals surface area contributed by atoms with Crippen molar-refractivity contribution < 1.29 is 27.5 Å². The van der Waals surface area contributed by atoms with Crippen molar-refractivity contribution in [1.29, 1.82) is 0 Å². The molecule has 0 spiro atoms. The summed E-state index contributed by atoms with van der Waals surface area (Å²) in [6.45, 7) is 2.88. The van der Waals surface area contributed by atoms with E-state index in [1.54, 1.807) is 19.1 Å². The van der Waals surface area contributed by atoms with Crippen molar-refractivity contribution in [3.8, 4) is 0 Å². The van der Waals surface area contributed by atoms with Crippen LogP contribution < -0.4 is 4.90 Å². The van der Waals surface area contributed by atoms with Crippen molar-refractivity contribution in [2.75, 3.05) is 17.8 Å². The van der Waals surface area contributed by atoms with Crippen molar-refractivity contribution >= 4 is 29.1 Å². The lowest BCUT2D eigenvalue weighted by atomic mass is 10.00. The van der Waals surface area contributed by atoms with Crippen LogP contribution in [0.4, 0.5) is 18.9 Å². The Hall–Kier alpha value is -1.54. The summed E-state index contributed by atoms with van der Waals surface area (Å²) < 4.78 is 47.4. The van der Waals surface area contributed by atoms with Crippen LogP contribution in [0.25, 0.3) is 0 Å². The number of alkyl halides is 3. The lowest BCUT2D eigenvalue weighted by Crippen LogP contribution is -2.67. The molecule has 1 aromatic rings. The molecule has 4 nitrogen and oxygen atoms in total. The molecule has 2 atom stereocenters. The van der Waals surface area contributed by atoms with Crippen LogP contribution in [0.15, 0.2) is 24.3 Å². The summed E-state index contributed by atoms with van der Waals surface area (Å²) in [5.41, 5.74) is 0.979. The Morgan fingerprint density at radius 1 is 1.33 bits per heavy atom. The molecule has 0 radical (unpaired) electrons. The monoisotopic (exact) mass is 361 g/mol. The molecule has 132 valence electrons. The Morgan fingerprint density at radius 3 is 2.38 bits per heavy atom. The second kappa shape index (κ2) is 6.76. The third-order valence-corrected chi connectivity index (χ3v) is 5.52. The van der Waals surface area contributed by atoms with E-state index in [4.69, 9.17) is 4.74 Å². The summed E-state index contributed by atoms with van der Waals surface area (Å²) in [7, 11) is 1.12. The molecule has 1 amide bonds. The van der Waals surface area contributed by atoms with E-state index in [2.05, 4.69) is 0 Å². The standard InChI is InChI=1S/C16H18F3NO3S/c1-10-4-6-12(7-5-10)20(11(2)21)15(16(17,18)19)14(23-3)8-13(22)9-24-15/h4-7,14H,8-9H2,1-3H3/t14-,15+/m1/s1. The van der Waals surface area contributed by atoms with Crippen LogP contribution >= 0.6 is 11.8 Å². The van der Waals surface area contributed by atoms with E-state index in [0.29, 0.717) is 16.7 Å². The average Bonchev–Trinajstić information content (AvgIpc) is 2.49. The molecule has 1 saturated heterocycles. The molecule has 1 aliphatic rings. The number of ketones is 1. The van der Waals surface area contributed by atoms with E-state index in [-0.39, 0.29) is 17.2 Å². The highest BCUT2D eigenvalue weighted by Gasteiger charge is 2.67. The molecular weight excluding hydrogens is 343 g/mol. The predicted molar refractivity (Wildman–Crippen MR) is 86.0 cm³/mol. The number of thioether (sulfide) groups is 1. The number of methoxy groups -OCH3 is 1. The van der Waals surface area contributed by atoms with Crippen LogP contribution in [0.3, 0.4) is 0 Å². The molecular formula is C16H18F3NO3S. The minimum atomic E-state index is -4.78. The quantitative estimate of drug-likeness (QED) is 0.829. The fourth-order valence-corrected chi connectivity index (χ4v) is 4.22. The number of ether oxygens (including phenoxy) is 1. The fourth-order valence-electron chi connectivity index (χ4n) is 2.83. The van der Waals surface area contributed by atoms with Gasteiger partial charge in [-0.1, -0.05) is 17.7 Å². The van der Waals surface area contributed by atoms with Gasteiger partial charge in [-0.05, 0) is 19.1 Å². The lowest BCUT2D eigenvalue weighted by Gasteiger charge is -2.49. The Labute approximate surface area is 142 Å². The normalized spacial score (nSPS) is 24.8. The van der Waals surface area contributed by atoms with Crippen molar-refractivity contribution in [3.63, 3.8) is 0 Å². The number of aryl methyl sites for hydroxylation is 1. The first-order valence-electron chi connectivity index (χ1n) is 7.26. The second-order valence-corrected chi connectivity index (χ2v) is 6.84. The number of halogens is 3. The highest BCUT2D eigenvalue weighted by molar-refractivity contribution is 8.01. The predicted octanol–water partition coefficient (Wildman–Crippen LogP) is 3.33. The van der Waals surface area contributed by atoms with E-state index in [9.17, 15) is 22.8 Å². The molecule has 1 aromatic carbocycles. The first-order valence-corrected chi connectivity index (χ1v) is 8.24. The number of nitrogens with zero attached hydrogens (tertiary/aromatic N) is 1. The number of amides is 1. The zero-order chi connectivity index (χ0) is 18.1. The number of hydrogen-bond acceptors (Lipinski definition) is 4. The molecule has 0 aliphatic carbocycles. The van der Waals surface area contributed by atoms with Gasteiger partial charge < -0.3 is 4.74 Å². The minimum Gasteiger partial charge on any atom is -0.377 e. The average molecular weight is 361 g/mol. The van der Waals surface area contributed by atoms with Gasteiger partial charge in [-0.3, -0.25) is 14.5 Å². The number of rotatable bonds is 3. The summed E-state index contributed by atoms with van der Waals surface area (Å²) in [6, 6.07) is 6.20. The summed E-state index contributed by atoms with van der Waals surface area (Å²) in [5, 5.41) is 0. The largest absolute Gasteiger partial charge is 0.424 e. The zero-order valence-electron chi connectivity index (χ0n) is 13.5. The molecule has 1 heterocycles.